The van der Waals surface area contributed by atoms with Crippen molar-refractivity contribution in [1.82, 2.24) is 0 Å². The fourth-order valence-corrected chi connectivity index (χ4v) is 2.87. The quantitative estimate of drug-likeness (QED) is 0.707. The molecule has 114 valence electrons. The molecule has 0 aliphatic heterocycles. The number of hydrogen-bond donors (Lipinski definition) is 2. The standard InChI is InChI=1S/C16H32O2S/c1-12(2,11(17)18)13(3,4)14(5,6)15(7,8)16(9,10)19/h19H,1-10H3,(H,17,18). The van der Waals surface area contributed by atoms with Crippen molar-refractivity contribution in [3.63, 3.8) is 0 Å². The third-order valence-electron chi connectivity index (χ3n) is 6.75. The molecular weight excluding hydrogens is 256 g/mol. The maximum Gasteiger partial charge on any atom is 0.309 e. The van der Waals surface area contributed by atoms with Crippen LogP contribution in [0, 0.1) is 21.7 Å². The lowest BCUT2D eigenvalue weighted by Crippen LogP contribution is -2.58. The second-order valence-corrected chi connectivity index (χ2v) is 9.48. The second-order valence-electron chi connectivity index (χ2n) is 8.36. The highest BCUT2D eigenvalue weighted by Crippen LogP contribution is 2.62. The second kappa shape index (κ2) is 4.68. The number of rotatable bonds is 5. The van der Waals surface area contributed by atoms with Crippen LogP contribution in [-0.4, -0.2) is 15.8 Å². The summed E-state index contributed by atoms with van der Waals surface area (Å²) < 4.78 is -0.206. The highest BCUT2D eigenvalue weighted by Gasteiger charge is 2.60. The maximum absolute atomic E-state index is 11.7. The predicted molar refractivity (Wildman–Crippen MR) is 85.8 cm³/mol. The first-order valence-corrected chi connectivity index (χ1v) is 7.35. The van der Waals surface area contributed by atoms with Crippen LogP contribution in [-0.2, 0) is 4.79 Å². The maximum atomic E-state index is 11.7. The highest BCUT2D eigenvalue weighted by atomic mass is 32.1. The normalized spacial score (nSPS) is 15.5. The lowest BCUT2D eigenvalue weighted by atomic mass is 9.45. The molecule has 0 radical (unpaired) electrons. The third-order valence-corrected chi connectivity index (χ3v) is 7.31. The summed E-state index contributed by atoms with van der Waals surface area (Å²) in [6.07, 6.45) is 0. The van der Waals surface area contributed by atoms with Crippen LogP contribution in [0.2, 0.25) is 0 Å². The zero-order chi connectivity index (χ0) is 16.1. The molecule has 0 heterocycles. The first-order valence-electron chi connectivity index (χ1n) is 6.90. The Labute approximate surface area is 124 Å². The molecule has 2 nitrogen and oxygen atoms in total. The van der Waals surface area contributed by atoms with Crippen LogP contribution in [0.1, 0.15) is 69.2 Å². The molecule has 3 heteroatoms. The molecule has 0 atom stereocenters. The number of thiol groups is 1. The Hall–Kier alpha value is -0.180. The molecule has 19 heavy (non-hydrogen) atoms. The lowest BCUT2D eigenvalue weighted by molar-refractivity contribution is -0.169. The molecule has 0 spiro atoms. The van der Waals surface area contributed by atoms with E-state index in [-0.39, 0.29) is 15.6 Å². The van der Waals surface area contributed by atoms with E-state index in [1.165, 1.54) is 0 Å². The summed E-state index contributed by atoms with van der Waals surface area (Å²) in [7, 11) is 0. The van der Waals surface area contributed by atoms with Gasteiger partial charge < -0.3 is 5.11 Å². The summed E-state index contributed by atoms with van der Waals surface area (Å²) in [5, 5.41) is 9.59. The molecule has 0 unspecified atom stereocenters. The summed E-state index contributed by atoms with van der Waals surface area (Å²) in [5.74, 6) is -0.752. The molecular formula is C16H32O2S. The minimum Gasteiger partial charge on any atom is -0.481 e. The van der Waals surface area contributed by atoms with E-state index >= 15 is 0 Å². The van der Waals surface area contributed by atoms with Crippen molar-refractivity contribution < 1.29 is 9.90 Å². The molecule has 0 aromatic carbocycles. The Kier molecular flexibility index (Phi) is 4.64. The van der Waals surface area contributed by atoms with Gasteiger partial charge in [0.1, 0.15) is 0 Å². The van der Waals surface area contributed by atoms with Crippen molar-refractivity contribution in [1.29, 1.82) is 0 Å². The Bertz CT molecular complexity index is 357. The van der Waals surface area contributed by atoms with Gasteiger partial charge in [-0.05, 0) is 30.1 Å². The van der Waals surface area contributed by atoms with E-state index < -0.39 is 16.8 Å². The van der Waals surface area contributed by atoms with Gasteiger partial charge in [0.05, 0.1) is 5.41 Å². The topological polar surface area (TPSA) is 37.3 Å². The predicted octanol–water partition coefficient (Wildman–Crippen LogP) is 4.88. The van der Waals surface area contributed by atoms with E-state index in [1.54, 1.807) is 0 Å². The van der Waals surface area contributed by atoms with Gasteiger partial charge in [-0.15, -0.1) is 0 Å². The Morgan fingerprint density at radius 2 is 1.05 bits per heavy atom. The minimum absolute atomic E-state index is 0.140. The van der Waals surface area contributed by atoms with Crippen molar-refractivity contribution >= 4 is 18.6 Å². The minimum atomic E-state index is -0.813. The van der Waals surface area contributed by atoms with E-state index in [1.807, 2.05) is 13.8 Å². The van der Waals surface area contributed by atoms with Gasteiger partial charge in [0.25, 0.3) is 0 Å². The van der Waals surface area contributed by atoms with E-state index in [4.69, 9.17) is 12.6 Å². The summed E-state index contributed by atoms with van der Waals surface area (Å²) in [6.45, 7) is 20.6. The molecule has 0 rings (SSSR count). The van der Waals surface area contributed by atoms with Crippen LogP contribution in [0.3, 0.4) is 0 Å². The summed E-state index contributed by atoms with van der Waals surface area (Å²) in [5.41, 5.74) is -1.56. The molecule has 0 amide bonds. The van der Waals surface area contributed by atoms with Gasteiger partial charge in [-0.25, -0.2) is 0 Å². The molecule has 0 fully saturated rings. The van der Waals surface area contributed by atoms with Crippen LogP contribution in [0.4, 0.5) is 0 Å². The average Bonchev–Trinajstić information content (AvgIpc) is 2.14. The van der Waals surface area contributed by atoms with Crippen molar-refractivity contribution in [2.45, 2.75) is 74.0 Å². The van der Waals surface area contributed by atoms with Gasteiger partial charge in [-0.3, -0.25) is 4.79 Å². The van der Waals surface area contributed by atoms with Crippen LogP contribution in [0.5, 0.6) is 0 Å². The number of carbonyl (C=O) groups is 1. The molecule has 0 aliphatic carbocycles. The van der Waals surface area contributed by atoms with Crippen molar-refractivity contribution in [3.05, 3.63) is 0 Å². The van der Waals surface area contributed by atoms with Crippen LogP contribution >= 0.6 is 12.6 Å². The third kappa shape index (κ3) is 2.55. The summed E-state index contributed by atoms with van der Waals surface area (Å²) in [6, 6.07) is 0. The molecule has 0 aromatic rings. The monoisotopic (exact) mass is 288 g/mol. The fraction of sp³-hybridized carbons (Fsp3) is 0.938. The molecule has 0 aromatic heterocycles. The van der Waals surface area contributed by atoms with Crippen LogP contribution in [0.25, 0.3) is 0 Å². The highest BCUT2D eigenvalue weighted by molar-refractivity contribution is 7.81. The Morgan fingerprint density at radius 3 is 1.26 bits per heavy atom. The number of carboxylic acids is 1. The van der Waals surface area contributed by atoms with Gasteiger partial charge in [-0.1, -0.05) is 55.4 Å². The van der Waals surface area contributed by atoms with Gasteiger partial charge in [-0.2, -0.15) is 12.6 Å². The van der Waals surface area contributed by atoms with E-state index in [0.717, 1.165) is 0 Å². The average molecular weight is 288 g/mol. The zero-order valence-electron chi connectivity index (χ0n) is 14.3. The number of aliphatic carboxylic acids is 1. The van der Waals surface area contributed by atoms with E-state index in [0.29, 0.717) is 0 Å². The van der Waals surface area contributed by atoms with Gasteiger partial charge in [0.15, 0.2) is 0 Å². The fourth-order valence-electron chi connectivity index (χ4n) is 2.59. The molecule has 0 aliphatic rings. The first kappa shape index (κ1) is 18.8. The lowest BCUT2D eigenvalue weighted by Gasteiger charge is -2.61. The smallest absolute Gasteiger partial charge is 0.309 e. The van der Waals surface area contributed by atoms with E-state index in [2.05, 4.69) is 55.4 Å². The zero-order valence-corrected chi connectivity index (χ0v) is 15.2. The van der Waals surface area contributed by atoms with Gasteiger partial charge in [0.2, 0.25) is 0 Å². The van der Waals surface area contributed by atoms with Gasteiger partial charge >= 0.3 is 5.97 Å². The SMILES string of the molecule is CC(C)(S)C(C)(C)C(C)(C)C(C)(C)C(C)(C)C(=O)O. The Balaban J connectivity index is 5.99. The van der Waals surface area contributed by atoms with Crippen LogP contribution in [0.15, 0.2) is 0 Å². The van der Waals surface area contributed by atoms with Crippen molar-refractivity contribution in [2.75, 3.05) is 0 Å². The molecule has 0 saturated heterocycles. The summed E-state index contributed by atoms with van der Waals surface area (Å²) >= 11 is 4.76. The first-order chi connectivity index (χ1) is 7.94. The molecule has 0 saturated carbocycles. The van der Waals surface area contributed by atoms with Crippen LogP contribution < -0.4 is 0 Å². The Morgan fingerprint density at radius 1 is 0.737 bits per heavy atom. The molecule has 1 N–H and O–H groups in total. The van der Waals surface area contributed by atoms with Crippen molar-refractivity contribution in [2.24, 2.45) is 21.7 Å². The molecule has 0 bridgehead atoms. The number of carboxylic acid groups (broad SMARTS) is 1. The van der Waals surface area contributed by atoms with Gasteiger partial charge in [0, 0.05) is 4.75 Å². The van der Waals surface area contributed by atoms with E-state index in [9.17, 15) is 9.90 Å². The largest absolute Gasteiger partial charge is 0.481 e. The summed E-state index contributed by atoms with van der Waals surface area (Å²) in [4.78, 5) is 11.7. The number of hydrogen-bond acceptors (Lipinski definition) is 2. The van der Waals surface area contributed by atoms with Crippen molar-refractivity contribution in [3.8, 4) is 0 Å².